The van der Waals surface area contributed by atoms with Crippen molar-refractivity contribution in [3.63, 3.8) is 0 Å². The molecule has 1 saturated heterocycles. The zero-order chi connectivity index (χ0) is 12.3. The largest absolute Gasteiger partial charge is 0.245 e. The highest BCUT2D eigenvalue weighted by molar-refractivity contribution is 8.67. The molecule has 0 bridgehead atoms. The molecule has 1 aromatic heterocycles. The van der Waals surface area contributed by atoms with E-state index >= 15 is 0 Å². The van der Waals surface area contributed by atoms with Crippen LogP contribution in [0, 0.1) is 0 Å². The zero-order valence-electron chi connectivity index (χ0n) is 9.19. The second-order valence-electron chi connectivity index (χ2n) is 3.92. The van der Waals surface area contributed by atoms with Crippen molar-refractivity contribution in [3.05, 3.63) is 24.4 Å². The van der Waals surface area contributed by atoms with Gasteiger partial charge in [-0.1, -0.05) is 17.7 Å². The SMILES string of the molecule is O=S(=O)(c1ccccn1)C1CCN(SS)CC1. The molecule has 7 heteroatoms. The summed E-state index contributed by atoms with van der Waals surface area (Å²) in [4.78, 5) is 3.94. The molecule has 0 atom stereocenters. The third-order valence-electron chi connectivity index (χ3n) is 2.88. The highest BCUT2D eigenvalue weighted by atomic mass is 33.1. The Morgan fingerprint density at radius 3 is 2.59 bits per heavy atom. The molecule has 1 aliphatic heterocycles. The lowest BCUT2D eigenvalue weighted by molar-refractivity contribution is 0.380. The summed E-state index contributed by atoms with van der Waals surface area (Å²) in [7, 11) is -1.89. The Bertz CT molecular complexity index is 456. The molecule has 4 nitrogen and oxygen atoms in total. The van der Waals surface area contributed by atoms with Gasteiger partial charge < -0.3 is 0 Å². The highest BCUT2D eigenvalue weighted by Crippen LogP contribution is 2.27. The van der Waals surface area contributed by atoms with Crippen molar-refractivity contribution in [1.29, 1.82) is 0 Å². The second-order valence-corrected chi connectivity index (χ2v) is 7.27. The summed E-state index contributed by atoms with van der Waals surface area (Å²) >= 11 is 4.12. The van der Waals surface area contributed by atoms with E-state index in [4.69, 9.17) is 0 Å². The monoisotopic (exact) mass is 290 g/mol. The Labute approximate surface area is 111 Å². The summed E-state index contributed by atoms with van der Waals surface area (Å²) in [5, 5.41) is -0.119. The van der Waals surface area contributed by atoms with Crippen molar-refractivity contribution in [2.45, 2.75) is 23.1 Å². The molecule has 0 saturated carbocycles. The van der Waals surface area contributed by atoms with Crippen molar-refractivity contribution in [2.75, 3.05) is 13.1 Å². The molecule has 2 heterocycles. The molecule has 2 rings (SSSR count). The van der Waals surface area contributed by atoms with Crippen molar-refractivity contribution in [3.8, 4) is 0 Å². The standard InChI is InChI=1S/C10H14N2O2S3/c13-17(14,10-3-1-2-6-11-10)9-4-7-12(16-15)8-5-9/h1-3,6,9,15H,4-5,7-8H2. The molecule has 1 fully saturated rings. The summed E-state index contributed by atoms with van der Waals surface area (Å²) < 4.78 is 26.6. The number of rotatable bonds is 3. The molecule has 0 aromatic carbocycles. The van der Waals surface area contributed by atoms with Crippen LogP contribution < -0.4 is 0 Å². The van der Waals surface area contributed by atoms with Gasteiger partial charge in [0.15, 0.2) is 14.9 Å². The second kappa shape index (κ2) is 5.60. The Morgan fingerprint density at radius 1 is 1.35 bits per heavy atom. The molecule has 1 aromatic rings. The minimum atomic E-state index is -3.27. The third kappa shape index (κ3) is 2.96. The van der Waals surface area contributed by atoms with E-state index in [0.29, 0.717) is 12.8 Å². The van der Waals surface area contributed by atoms with Crippen LogP contribution in [-0.2, 0) is 9.84 Å². The van der Waals surface area contributed by atoms with Gasteiger partial charge in [-0.25, -0.2) is 17.7 Å². The maximum Gasteiger partial charge on any atom is 0.198 e. The molecular weight excluding hydrogens is 276 g/mol. The first-order valence-electron chi connectivity index (χ1n) is 5.36. The van der Waals surface area contributed by atoms with E-state index in [1.165, 1.54) is 17.2 Å². The lowest BCUT2D eigenvalue weighted by Gasteiger charge is -2.28. The fourth-order valence-electron chi connectivity index (χ4n) is 1.91. The van der Waals surface area contributed by atoms with Gasteiger partial charge in [0.05, 0.1) is 5.25 Å². The number of aromatic nitrogens is 1. The van der Waals surface area contributed by atoms with Gasteiger partial charge in [0, 0.05) is 19.3 Å². The van der Waals surface area contributed by atoms with E-state index < -0.39 is 9.84 Å². The maximum atomic E-state index is 12.3. The predicted octanol–water partition coefficient (Wildman–Crippen LogP) is 1.81. The number of hydrogen-bond donors (Lipinski definition) is 1. The molecule has 0 unspecified atom stereocenters. The van der Waals surface area contributed by atoms with Crippen molar-refractivity contribution in [1.82, 2.24) is 9.29 Å². The number of nitrogens with zero attached hydrogens (tertiary/aromatic N) is 2. The molecular formula is C10H14N2O2S3. The number of piperidine rings is 1. The average Bonchev–Trinajstić information content (AvgIpc) is 2.40. The van der Waals surface area contributed by atoms with Crippen LogP contribution in [0.3, 0.4) is 0 Å². The summed E-state index contributed by atoms with van der Waals surface area (Å²) in [6, 6.07) is 4.99. The fourth-order valence-corrected chi connectivity index (χ4v) is 4.42. The molecule has 94 valence electrons. The molecule has 1 aliphatic rings. The first-order chi connectivity index (χ1) is 8.14. The summed E-state index contributed by atoms with van der Waals surface area (Å²) in [5.41, 5.74) is 0. The van der Waals surface area contributed by atoms with Gasteiger partial charge in [-0.15, -0.1) is 0 Å². The number of sulfone groups is 1. The summed E-state index contributed by atoms with van der Waals surface area (Å²) in [6.45, 7) is 1.51. The highest BCUT2D eigenvalue weighted by Gasteiger charge is 2.31. The van der Waals surface area contributed by atoms with Crippen LogP contribution >= 0.6 is 22.6 Å². The molecule has 17 heavy (non-hydrogen) atoms. The van der Waals surface area contributed by atoms with Crippen LogP contribution in [0.4, 0.5) is 0 Å². The van der Waals surface area contributed by atoms with Crippen molar-refractivity contribution >= 4 is 32.5 Å². The van der Waals surface area contributed by atoms with E-state index in [1.54, 1.807) is 18.2 Å². The predicted molar refractivity (Wildman–Crippen MR) is 72.6 cm³/mol. The normalized spacial score (nSPS) is 19.4. The van der Waals surface area contributed by atoms with E-state index in [9.17, 15) is 8.42 Å². The van der Waals surface area contributed by atoms with Crippen LogP contribution in [0.2, 0.25) is 0 Å². The van der Waals surface area contributed by atoms with E-state index in [0.717, 1.165) is 13.1 Å². The zero-order valence-corrected chi connectivity index (χ0v) is 11.7. The number of hydrogen-bond acceptors (Lipinski definition) is 6. The topological polar surface area (TPSA) is 50.3 Å². The van der Waals surface area contributed by atoms with E-state index in [1.807, 2.05) is 0 Å². The van der Waals surface area contributed by atoms with Gasteiger partial charge in [0.1, 0.15) is 0 Å². The van der Waals surface area contributed by atoms with Crippen molar-refractivity contribution < 1.29 is 8.42 Å². The first kappa shape index (κ1) is 13.2. The summed E-state index contributed by atoms with van der Waals surface area (Å²) in [5.74, 6) is 0. The number of pyridine rings is 1. The first-order valence-corrected chi connectivity index (χ1v) is 8.73. The Hall–Kier alpha value is -0.240. The Morgan fingerprint density at radius 2 is 2.06 bits per heavy atom. The molecule has 0 spiro atoms. The molecule has 0 aliphatic carbocycles. The van der Waals surface area contributed by atoms with E-state index in [2.05, 4.69) is 20.9 Å². The summed E-state index contributed by atoms with van der Waals surface area (Å²) in [6.07, 6.45) is 2.81. The lowest BCUT2D eigenvalue weighted by Crippen LogP contribution is -2.35. The van der Waals surface area contributed by atoms with Gasteiger partial charge in [0.25, 0.3) is 0 Å². The van der Waals surface area contributed by atoms with Gasteiger partial charge in [0.2, 0.25) is 0 Å². The van der Waals surface area contributed by atoms with Gasteiger partial charge in [-0.3, -0.25) is 0 Å². The smallest absolute Gasteiger partial charge is 0.198 e. The molecule has 0 amide bonds. The van der Waals surface area contributed by atoms with Gasteiger partial charge in [-0.2, -0.15) is 0 Å². The average molecular weight is 290 g/mol. The van der Waals surface area contributed by atoms with Gasteiger partial charge >= 0.3 is 0 Å². The minimum Gasteiger partial charge on any atom is -0.245 e. The quantitative estimate of drug-likeness (QED) is 0.523. The lowest BCUT2D eigenvalue weighted by atomic mass is 10.2. The van der Waals surface area contributed by atoms with Crippen molar-refractivity contribution in [2.24, 2.45) is 0 Å². The molecule has 0 radical (unpaired) electrons. The molecule has 0 N–H and O–H groups in total. The number of thiol groups is 1. The van der Waals surface area contributed by atoms with Crippen LogP contribution in [0.15, 0.2) is 29.4 Å². The van der Waals surface area contributed by atoms with Crippen LogP contribution in [0.5, 0.6) is 0 Å². The maximum absolute atomic E-state index is 12.3. The minimum absolute atomic E-state index is 0.192. The van der Waals surface area contributed by atoms with Crippen LogP contribution in [0.25, 0.3) is 0 Å². The van der Waals surface area contributed by atoms with E-state index in [-0.39, 0.29) is 10.3 Å². The fraction of sp³-hybridized carbons (Fsp3) is 0.500. The van der Waals surface area contributed by atoms with Crippen LogP contribution in [-0.4, -0.2) is 36.0 Å². The Balaban J connectivity index is 2.13. The van der Waals surface area contributed by atoms with Gasteiger partial charge in [-0.05, 0) is 36.0 Å². The third-order valence-corrected chi connectivity index (χ3v) is 6.35. The van der Waals surface area contributed by atoms with Crippen LogP contribution in [0.1, 0.15) is 12.8 Å². The Kier molecular flexibility index (Phi) is 4.35.